The lowest BCUT2D eigenvalue weighted by Crippen LogP contribution is -2.21. The van der Waals surface area contributed by atoms with E-state index in [1.807, 2.05) is 0 Å². The second-order valence-corrected chi connectivity index (χ2v) is 18.1. The molecule has 0 spiro atoms. The third-order valence-corrected chi connectivity index (χ3v) is 12.9. The molecule has 1 saturated heterocycles. The van der Waals surface area contributed by atoms with Crippen molar-refractivity contribution < 1.29 is 23.9 Å². The molecule has 0 N–H and O–H groups in total. The Hall–Kier alpha value is -1.08. The van der Waals surface area contributed by atoms with Crippen molar-refractivity contribution in [3.63, 3.8) is 0 Å². The zero-order chi connectivity index (χ0) is 39.5. The van der Waals surface area contributed by atoms with E-state index < -0.39 is 0 Å². The Kier molecular flexibility index (Phi) is 34.2. The number of nitrogens with zero attached hydrogens (tertiary/aromatic N) is 1. The molecule has 0 saturated carbocycles. The SMILES string of the molecule is CCCCCCCC(CCCCCCC)OC(=O)CCCC(CCCC(=O)OC(CCCCCCC)CCCCCCC)C(=O)SC1CCCN(C)CC1. The summed E-state index contributed by atoms with van der Waals surface area (Å²) in [6.45, 7) is 11.1. The summed E-state index contributed by atoms with van der Waals surface area (Å²) in [4.78, 5) is 42.5. The molecule has 0 aromatic rings. The van der Waals surface area contributed by atoms with Crippen LogP contribution in [0.3, 0.4) is 0 Å². The number of hydrogen-bond acceptors (Lipinski definition) is 7. The maximum absolute atomic E-state index is 13.8. The molecule has 0 aliphatic carbocycles. The van der Waals surface area contributed by atoms with Crippen LogP contribution >= 0.6 is 11.8 Å². The van der Waals surface area contributed by atoms with Gasteiger partial charge in [-0.25, -0.2) is 0 Å². The van der Waals surface area contributed by atoms with Gasteiger partial charge in [-0.1, -0.05) is 142 Å². The molecule has 1 fully saturated rings. The van der Waals surface area contributed by atoms with Crippen LogP contribution < -0.4 is 0 Å². The van der Waals surface area contributed by atoms with Crippen molar-refractivity contribution in [3.05, 3.63) is 0 Å². The van der Waals surface area contributed by atoms with Crippen LogP contribution in [0.1, 0.15) is 240 Å². The van der Waals surface area contributed by atoms with Crippen molar-refractivity contribution in [3.8, 4) is 0 Å². The van der Waals surface area contributed by atoms with Gasteiger partial charge in [0.25, 0.3) is 0 Å². The fourth-order valence-corrected chi connectivity index (χ4v) is 9.13. The highest BCUT2D eigenvalue weighted by atomic mass is 32.2. The summed E-state index contributed by atoms with van der Waals surface area (Å²) in [7, 11) is 2.17. The Balaban J connectivity index is 2.75. The van der Waals surface area contributed by atoms with Gasteiger partial charge in [-0.05, 0) is 116 Å². The maximum atomic E-state index is 13.8. The summed E-state index contributed by atoms with van der Waals surface area (Å²) in [5, 5.41) is 0.603. The molecular formula is C47H89NO5S. The second kappa shape index (κ2) is 36.3. The highest BCUT2D eigenvalue weighted by Gasteiger charge is 2.26. The van der Waals surface area contributed by atoms with Crippen LogP contribution in [0.5, 0.6) is 0 Å². The normalized spacial score (nSPS) is 15.3. The van der Waals surface area contributed by atoms with E-state index in [-0.39, 0.29) is 35.2 Å². The summed E-state index contributed by atoms with van der Waals surface area (Å²) in [6.07, 6.45) is 35.0. The van der Waals surface area contributed by atoms with E-state index in [0.717, 1.165) is 83.7 Å². The van der Waals surface area contributed by atoms with Gasteiger partial charge in [0.15, 0.2) is 5.12 Å². The van der Waals surface area contributed by atoms with Crippen LogP contribution in [0.15, 0.2) is 0 Å². The molecule has 1 rings (SSSR count). The number of esters is 2. The minimum Gasteiger partial charge on any atom is -0.462 e. The molecule has 6 nitrogen and oxygen atoms in total. The molecule has 54 heavy (non-hydrogen) atoms. The molecule has 7 heteroatoms. The monoisotopic (exact) mass is 780 g/mol. The van der Waals surface area contributed by atoms with E-state index >= 15 is 0 Å². The van der Waals surface area contributed by atoms with Crippen molar-refractivity contribution in [1.29, 1.82) is 0 Å². The number of rotatable bonds is 36. The van der Waals surface area contributed by atoms with Gasteiger partial charge in [0.2, 0.25) is 0 Å². The van der Waals surface area contributed by atoms with E-state index in [0.29, 0.717) is 43.8 Å². The maximum Gasteiger partial charge on any atom is 0.306 e. The molecule has 0 bridgehead atoms. The molecule has 1 aliphatic rings. The number of ether oxygens (including phenoxy) is 2. The lowest BCUT2D eigenvalue weighted by molar-refractivity contribution is -0.150. The molecular weight excluding hydrogens is 691 g/mol. The summed E-state index contributed by atoms with van der Waals surface area (Å²) < 4.78 is 12.2. The fraction of sp³-hybridized carbons (Fsp3) is 0.936. The minimum absolute atomic E-state index is 0.0182. The van der Waals surface area contributed by atoms with Gasteiger partial charge in [0.1, 0.15) is 12.2 Å². The van der Waals surface area contributed by atoms with Gasteiger partial charge in [0, 0.05) is 24.0 Å². The predicted octanol–water partition coefficient (Wildman–Crippen LogP) is 14.0. The third-order valence-electron chi connectivity index (χ3n) is 11.5. The Labute approximate surface area is 339 Å². The van der Waals surface area contributed by atoms with Gasteiger partial charge in [0.05, 0.1) is 0 Å². The van der Waals surface area contributed by atoms with Crippen LogP contribution in [0.25, 0.3) is 0 Å². The number of likely N-dealkylation sites (tertiary alicyclic amines) is 1. The molecule has 1 unspecified atom stereocenters. The number of carbonyl (C=O) groups excluding carboxylic acids is 3. The van der Waals surface area contributed by atoms with E-state index in [2.05, 4.69) is 39.6 Å². The molecule has 0 amide bonds. The Bertz CT molecular complexity index is 819. The summed E-state index contributed by atoms with van der Waals surface area (Å²) in [6, 6.07) is 0. The highest BCUT2D eigenvalue weighted by molar-refractivity contribution is 8.14. The van der Waals surface area contributed by atoms with Gasteiger partial charge in [-0.3, -0.25) is 14.4 Å². The average Bonchev–Trinajstić information content (AvgIpc) is 3.36. The standard InChI is InChI=1S/C47H89NO5S/c1-6-10-14-18-22-31-42(32-23-19-15-11-7-2)52-45(49)36-26-29-41(47(51)54-44-35-28-39-48(5)40-38-44)30-27-37-46(50)53-43(33-24-20-16-12-8-3)34-25-21-17-13-9-4/h41-44H,6-40H2,1-5H3. The fourth-order valence-electron chi connectivity index (χ4n) is 7.87. The number of carbonyl (C=O) groups is 3. The Morgan fingerprint density at radius 3 is 1.30 bits per heavy atom. The van der Waals surface area contributed by atoms with Gasteiger partial charge in [-0.15, -0.1) is 0 Å². The zero-order valence-corrected chi connectivity index (χ0v) is 37.3. The van der Waals surface area contributed by atoms with Crippen molar-refractivity contribution in [2.45, 2.75) is 257 Å². The molecule has 1 atom stereocenters. The summed E-state index contributed by atoms with van der Waals surface area (Å²) in [5.74, 6) is -0.351. The topological polar surface area (TPSA) is 72.9 Å². The quantitative estimate of drug-likeness (QED) is 0.0463. The second-order valence-electron chi connectivity index (χ2n) is 16.8. The van der Waals surface area contributed by atoms with Crippen LogP contribution in [0, 0.1) is 5.92 Å². The molecule has 0 aromatic carbocycles. The molecule has 0 aromatic heterocycles. The molecule has 0 radical (unpaired) electrons. The highest BCUT2D eigenvalue weighted by Crippen LogP contribution is 2.31. The van der Waals surface area contributed by atoms with Gasteiger partial charge < -0.3 is 14.4 Å². The van der Waals surface area contributed by atoms with Crippen LogP contribution in [-0.2, 0) is 23.9 Å². The number of thioether (sulfide) groups is 1. The molecule has 318 valence electrons. The number of unbranched alkanes of at least 4 members (excludes halogenated alkanes) is 16. The first-order valence-electron chi connectivity index (χ1n) is 23.6. The summed E-state index contributed by atoms with van der Waals surface area (Å²) >= 11 is 1.54. The van der Waals surface area contributed by atoms with Crippen molar-refractivity contribution in [2.24, 2.45) is 5.92 Å². The largest absolute Gasteiger partial charge is 0.462 e. The lowest BCUT2D eigenvalue weighted by Gasteiger charge is -2.21. The average molecular weight is 780 g/mol. The van der Waals surface area contributed by atoms with Crippen molar-refractivity contribution >= 4 is 28.8 Å². The first-order chi connectivity index (χ1) is 26.3. The Morgan fingerprint density at radius 1 is 0.519 bits per heavy atom. The van der Waals surface area contributed by atoms with Crippen LogP contribution in [0.4, 0.5) is 0 Å². The van der Waals surface area contributed by atoms with Gasteiger partial charge >= 0.3 is 11.9 Å². The van der Waals surface area contributed by atoms with E-state index in [1.54, 1.807) is 11.8 Å². The van der Waals surface area contributed by atoms with Crippen molar-refractivity contribution in [2.75, 3.05) is 20.1 Å². The predicted molar refractivity (Wildman–Crippen MR) is 232 cm³/mol. The molecule has 1 heterocycles. The van der Waals surface area contributed by atoms with E-state index in [9.17, 15) is 14.4 Å². The summed E-state index contributed by atoms with van der Waals surface area (Å²) in [5.41, 5.74) is 0. The number of hydrogen-bond donors (Lipinski definition) is 0. The third kappa shape index (κ3) is 29.2. The van der Waals surface area contributed by atoms with Gasteiger partial charge in [-0.2, -0.15) is 0 Å². The zero-order valence-electron chi connectivity index (χ0n) is 36.5. The smallest absolute Gasteiger partial charge is 0.306 e. The first-order valence-corrected chi connectivity index (χ1v) is 24.5. The van der Waals surface area contributed by atoms with E-state index in [4.69, 9.17) is 9.47 Å². The first kappa shape index (κ1) is 50.9. The molecule has 1 aliphatic heterocycles. The van der Waals surface area contributed by atoms with Crippen molar-refractivity contribution in [1.82, 2.24) is 4.90 Å². The van der Waals surface area contributed by atoms with Crippen LogP contribution in [-0.4, -0.2) is 59.5 Å². The minimum atomic E-state index is -0.141. The van der Waals surface area contributed by atoms with E-state index in [1.165, 1.54) is 103 Å². The Morgan fingerprint density at radius 2 is 0.907 bits per heavy atom. The lowest BCUT2D eigenvalue weighted by atomic mass is 9.97. The van der Waals surface area contributed by atoms with Crippen LogP contribution in [0.2, 0.25) is 0 Å².